The monoisotopic (exact) mass is 383 g/mol. The highest BCUT2D eigenvalue weighted by Gasteiger charge is 2.36. The van der Waals surface area contributed by atoms with E-state index >= 15 is 0 Å². The minimum absolute atomic E-state index is 0.0323. The SMILES string of the molecule is [N-]=[N+]=NCc1cc2ccccc2cc1-n1nc(C(F)(F)F)cc1-c1ccco1. The lowest BCUT2D eigenvalue weighted by atomic mass is 10.0. The van der Waals surface area contributed by atoms with E-state index in [-0.39, 0.29) is 18.0 Å². The molecule has 2 aromatic carbocycles. The molecule has 4 aromatic rings. The van der Waals surface area contributed by atoms with Gasteiger partial charge in [0.2, 0.25) is 0 Å². The van der Waals surface area contributed by atoms with E-state index in [1.165, 1.54) is 10.9 Å². The van der Waals surface area contributed by atoms with Gasteiger partial charge in [-0.2, -0.15) is 18.3 Å². The van der Waals surface area contributed by atoms with Gasteiger partial charge in [-0.25, -0.2) is 4.68 Å². The molecule has 6 nitrogen and oxygen atoms in total. The number of halogens is 3. The smallest absolute Gasteiger partial charge is 0.435 e. The van der Waals surface area contributed by atoms with Crippen LogP contribution >= 0.6 is 0 Å². The molecule has 0 spiro atoms. The molecule has 0 saturated heterocycles. The second-order valence-corrected chi connectivity index (χ2v) is 6.02. The van der Waals surface area contributed by atoms with E-state index < -0.39 is 11.9 Å². The van der Waals surface area contributed by atoms with Crippen molar-refractivity contribution in [3.8, 4) is 17.1 Å². The molecule has 0 aliphatic rings. The summed E-state index contributed by atoms with van der Waals surface area (Å²) in [7, 11) is 0. The van der Waals surface area contributed by atoms with Crippen molar-refractivity contribution in [2.24, 2.45) is 5.11 Å². The van der Waals surface area contributed by atoms with Crippen LogP contribution in [0.4, 0.5) is 13.2 Å². The second-order valence-electron chi connectivity index (χ2n) is 6.02. The number of azide groups is 1. The fraction of sp³-hybridized carbons (Fsp3) is 0.105. The predicted molar refractivity (Wildman–Crippen MR) is 96.6 cm³/mol. The summed E-state index contributed by atoms with van der Waals surface area (Å²) in [4.78, 5) is 2.76. The van der Waals surface area contributed by atoms with Gasteiger partial charge in [0.25, 0.3) is 0 Å². The van der Waals surface area contributed by atoms with Gasteiger partial charge in [-0.3, -0.25) is 0 Å². The Bertz CT molecular complexity index is 1190. The summed E-state index contributed by atoms with van der Waals surface area (Å²) in [6.07, 6.45) is -3.24. The maximum atomic E-state index is 13.3. The summed E-state index contributed by atoms with van der Waals surface area (Å²) in [6, 6.07) is 15.0. The molecule has 0 saturated carbocycles. The summed E-state index contributed by atoms with van der Waals surface area (Å²) < 4.78 is 46.4. The van der Waals surface area contributed by atoms with Crippen LogP contribution in [0.3, 0.4) is 0 Å². The van der Waals surface area contributed by atoms with Crippen LogP contribution < -0.4 is 0 Å². The number of benzene rings is 2. The summed E-state index contributed by atoms with van der Waals surface area (Å²) in [5, 5.41) is 9.05. The highest BCUT2D eigenvalue weighted by molar-refractivity contribution is 5.86. The number of rotatable bonds is 4. The van der Waals surface area contributed by atoms with Gasteiger partial charge in [0.05, 0.1) is 18.5 Å². The molecule has 0 bridgehead atoms. The van der Waals surface area contributed by atoms with Crippen LogP contribution in [0, 0.1) is 0 Å². The predicted octanol–water partition coefficient (Wildman–Crippen LogP) is 6.11. The molecule has 2 heterocycles. The van der Waals surface area contributed by atoms with Crippen molar-refractivity contribution in [3.63, 3.8) is 0 Å². The van der Waals surface area contributed by atoms with E-state index in [9.17, 15) is 13.2 Å². The van der Waals surface area contributed by atoms with Gasteiger partial charge in [-0.05, 0) is 46.1 Å². The van der Waals surface area contributed by atoms with Crippen molar-refractivity contribution in [3.05, 3.63) is 82.6 Å². The zero-order chi connectivity index (χ0) is 19.7. The van der Waals surface area contributed by atoms with Gasteiger partial charge in [0, 0.05) is 11.0 Å². The summed E-state index contributed by atoms with van der Waals surface area (Å²) in [5.74, 6) is 0.242. The molecule has 0 radical (unpaired) electrons. The Hall–Kier alpha value is -3.71. The van der Waals surface area contributed by atoms with Crippen molar-refractivity contribution in [2.75, 3.05) is 0 Å². The van der Waals surface area contributed by atoms with E-state index in [0.29, 0.717) is 11.3 Å². The summed E-state index contributed by atoms with van der Waals surface area (Å²) >= 11 is 0. The third-order valence-corrected chi connectivity index (χ3v) is 4.25. The normalized spacial score (nSPS) is 11.5. The Kier molecular flexibility index (Phi) is 4.29. The lowest BCUT2D eigenvalue weighted by Gasteiger charge is -2.12. The molecule has 0 fully saturated rings. The minimum atomic E-state index is -4.62. The van der Waals surface area contributed by atoms with Crippen molar-refractivity contribution in [2.45, 2.75) is 12.7 Å². The molecule has 2 aromatic heterocycles. The van der Waals surface area contributed by atoms with Crippen LogP contribution in [0.25, 0.3) is 38.4 Å². The second kappa shape index (κ2) is 6.79. The highest BCUT2D eigenvalue weighted by Crippen LogP contribution is 2.35. The first-order valence-corrected chi connectivity index (χ1v) is 8.21. The number of hydrogen-bond acceptors (Lipinski definition) is 3. The zero-order valence-corrected chi connectivity index (χ0v) is 14.3. The summed E-state index contributed by atoms with van der Waals surface area (Å²) in [5.41, 5.74) is 8.72. The molecule has 140 valence electrons. The Morgan fingerprint density at radius 1 is 1.07 bits per heavy atom. The standard InChI is InChI=1S/C19H12F3N5O/c20-19(21,22)18-10-16(17-6-3-7-28-17)27(25-18)15-9-13-5-2-1-4-12(13)8-14(15)11-24-26-23/h1-10H,11H2. The summed E-state index contributed by atoms with van der Waals surface area (Å²) in [6.45, 7) is -0.0323. The van der Waals surface area contributed by atoms with Gasteiger partial charge in [-0.1, -0.05) is 29.4 Å². The maximum absolute atomic E-state index is 13.3. The Morgan fingerprint density at radius 3 is 2.46 bits per heavy atom. The topological polar surface area (TPSA) is 79.7 Å². The third kappa shape index (κ3) is 3.19. The van der Waals surface area contributed by atoms with E-state index in [0.717, 1.165) is 16.8 Å². The fourth-order valence-electron chi connectivity index (χ4n) is 3.01. The third-order valence-electron chi connectivity index (χ3n) is 4.25. The van der Waals surface area contributed by atoms with E-state index in [1.807, 2.05) is 24.3 Å². The van der Waals surface area contributed by atoms with Gasteiger partial charge >= 0.3 is 6.18 Å². The van der Waals surface area contributed by atoms with Gasteiger partial charge in [0.1, 0.15) is 5.69 Å². The molecule has 28 heavy (non-hydrogen) atoms. The van der Waals surface area contributed by atoms with Gasteiger partial charge < -0.3 is 4.42 Å². The number of furan rings is 1. The first-order chi connectivity index (χ1) is 13.5. The minimum Gasteiger partial charge on any atom is -0.463 e. The zero-order valence-electron chi connectivity index (χ0n) is 14.3. The first-order valence-electron chi connectivity index (χ1n) is 8.21. The number of aromatic nitrogens is 2. The van der Waals surface area contributed by atoms with Crippen molar-refractivity contribution >= 4 is 10.8 Å². The number of alkyl halides is 3. The molecule has 0 atom stereocenters. The van der Waals surface area contributed by atoms with Crippen LogP contribution in [-0.2, 0) is 12.7 Å². The lowest BCUT2D eigenvalue weighted by molar-refractivity contribution is -0.141. The van der Waals surface area contributed by atoms with E-state index in [4.69, 9.17) is 9.95 Å². The molecule has 4 rings (SSSR count). The number of hydrogen-bond donors (Lipinski definition) is 0. The van der Waals surface area contributed by atoms with Crippen LogP contribution in [-0.4, -0.2) is 9.78 Å². The molecule has 0 N–H and O–H groups in total. The molecule has 0 amide bonds. The number of nitrogens with zero attached hydrogens (tertiary/aromatic N) is 5. The molecular formula is C19H12F3N5O. The van der Waals surface area contributed by atoms with Gasteiger partial charge in [-0.15, -0.1) is 0 Å². The van der Waals surface area contributed by atoms with Crippen LogP contribution in [0.5, 0.6) is 0 Å². The van der Waals surface area contributed by atoms with E-state index in [2.05, 4.69) is 15.1 Å². The molecule has 0 aliphatic heterocycles. The van der Waals surface area contributed by atoms with Crippen molar-refractivity contribution in [1.29, 1.82) is 0 Å². The average Bonchev–Trinajstić information content (AvgIpc) is 3.34. The Balaban J connectivity index is 2.01. The van der Waals surface area contributed by atoms with Gasteiger partial charge in [0.15, 0.2) is 11.5 Å². The molecule has 9 heteroatoms. The molecule has 0 unspecified atom stereocenters. The lowest BCUT2D eigenvalue weighted by Crippen LogP contribution is -2.08. The molecular weight excluding hydrogens is 371 g/mol. The Morgan fingerprint density at radius 2 is 1.82 bits per heavy atom. The van der Waals surface area contributed by atoms with Crippen molar-refractivity contribution in [1.82, 2.24) is 9.78 Å². The largest absolute Gasteiger partial charge is 0.463 e. The fourth-order valence-corrected chi connectivity index (χ4v) is 3.01. The van der Waals surface area contributed by atoms with Crippen LogP contribution in [0.1, 0.15) is 11.3 Å². The van der Waals surface area contributed by atoms with Crippen LogP contribution in [0.2, 0.25) is 0 Å². The quantitative estimate of drug-likeness (QED) is 0.242. The van der Waals surface area contributed by atoms with E-state index in [1.54, 1.807) is 24.3 Å². The number of fused-ring (bicyclic) bond motifs is 1. The Labute approximate surface area is 156 Å². The highest BCUT2D eigenvalue weighted by atomic mass is 19.4. The maximum Gasteiger partial charge on any atom is 0.435 e. The average molecular weight is 383 g/mol. The first kappa shape index (κ1) is 17.7. The molecule has 0 aliphatic carbocycles. The van der Waals surface area contributed by atoms with Crippen LogP contribution in [0.15, 0.2) is 70.4 Å². The van der Waals surface area contributed by atoms with Crippen molar-refractivity contribution < 1.29 is 17.6 Å².